The van der Waals surface area contributed by atoms with Crippen LogP contribution in [0.15, 0.2) is 24.3 Å². The summed E-state index contributed by atoms with van der Waals surface area (Å²) in [6.45, 7) is 2.63. The topological polar surface area (TPSA) is 55.4 Å². The van der Waals surface area contributed by atoms with Crippen molar-refractivity contribution in [1.29, 1.82) is 0 Å². The second-order valence-electron chi connectivity index (χ2n) is 5.67. The van der Waals surface area contributed by atoms with Crippen LogP contribution in [0.5, 0.6) is 0 Å². The van der Waals surface area contributed by atoms with E-state index in [9.17, 15) is 9.59 Å². The van der Waals surface area contributed by atoms with E-state index in [2.05, 4.69) is 24.4 Å². The van der Waals surface area contributed by atoms with E-state index in [0.29, 0.717) is 13.0 Å². The standard InChI is InChI=1S/C18H29NO3/c1-2-3-4-5-6-7-8-9-10-11-12-13-17(20)19-16-14-15-22-18(16)21/h7-8,12-13,16H,2-6,9-11,14-15H2,1H3,(H,19,20). The molecular formula is C18H29NO3. The van der Waals surface area contributed by atoms with E-state index in [0.717, 1.165) is 19.3 Å². The molecule has 1 fully saturated rings. The van der Waals surface area contributed by atoms with Crippen LogP contribution in [-0.2, 0) is 14.3 Å². The van der Waals surface area contributed by atoms with E-state index in [1.54, 1.807) is 0 Å². The third kappa shape index (κ3) is 8.65. The Morgan fingerprint density at radius 1 is 1.14 bits per heavy atom. The number of nitrogens with one attached hydrogen (secondary N) is 1. The minimum Gasteiger partial charge on any atom is -0.464 e. The van der Waals surface area contributed by atoms with Crippen molar-refractivity contribution >= 4 is 11.9 Å². The molecule has 1 aliphatic rings. The van der Waals surface area contributed by atoms with Crippen LogP contribution in [0.3, 0.4) is 0 Å². The monoisotopic (exact) mass is 307 g/mol. The van der Waals surface area contributed by atoms with Gasteiger partial charge in [-0.1, -0.05) is 44.4 Å². The molecule has 0 aliphatic carbocycles. The van der Waals surface area contributed by atoms with Gasteiger partial charge in [-0.25, -0.2) is 4.79 Å². The van der Waals surface area contributed by atoms with Crippen molar-refractivity contribution in [3.63, 3.8) is 0 Å². The van der Waals surface area contributed by atoms with Crippen LogP contribution in [0, 0.1) is 0 Å². The first-order chi connectivity index (χ1) is 10.7. The molecule has 0 aromatic heterocycles. The van der Waals surface area contributed by atoms with Crippen molar-refractivity contribution < 1.29 is 14.3 Å². The Bertz CT molecular complexity index is 388. The molecule has 1 saturated heterocycles. The highest BCUT2D eigenvalue weighted by molar-refractivity contribution is 5.91. The number of amides is 1. The number of carbonyl (C=O) groups excluding carboxylic acids is 2. The summed E-state index contributed by atoms with van der Waals surface area (Å²) in [7, 11) is 0. The lowest BCUT2D eigenvalue weighted by Gasteiger charge is -2.05. The van der Waals surface area contributed by atoms with Gasteiger partial charge >= 0.3 is 5.97 Å². The van der Waals surface area contributed by atoms with E-state index >= 15 is 0 Å². The minimum atomic E-state index is -0.465. The fourth-order valence-corrected chi connectivity index (χ4v) is 2.32. The van der Waals surface area contributed by atoms with Gasteiger partial charge in [0, 0.05) is 6.42 Å². The summed E-state index contributed by atoms with van der Waals surface area (Å²) < 4.78 is 4.79. The first kappa shape index (κ1) is 18.5. The molecule has 1 rings (SSSR count). The molecule has 0 radical (unpaired) electrons. The van der Waals surface area contributed by atoms with Gasteiger partial charge in [0.15, 0.2) is 0 Å². The van der Waals surface area contributed by atoms with E-state index in [4.69, 9.17) is 4.74 Å². The van der Waals surface area contributed by atoms with Crippen molar-refractivity contribution in [1.82, 2.24) is 5.32 Å². The second kappa shape index (κ2) is 12.0. The van der Waals surface area contributed by atoms with Crippen molar-refractivity contribution in [2.75, 3.05) is 6.61 Å². The van der Waals surface area contributed by atoms with Crippen LogP contribution >= 0.6 is 0 Å². The predicted molar refractivity (Wildman–Crippen MR) is 88.4 cm³/mol. The van der Waals surface area contributed by atoms with Gasteiger partial charge in [0.2, 0.25) is 5.91 Å². The van der Waals surface area contributed by atoms with E-state index in [-0.39, 0.29) is 11.9 Å². The molecule has 1 N–H and O–H groups in total. The molecule has 0 spiro atoms. The van der Waals surface area contributed by atoms with E-state index in [1.165, 1.54) is 38.2 Å². The molecule has 0 aromatic carbocycles. The van der Waals surface area contributed by atoms with Crippen LogP contribution in [0.4, 0.5) is 0 Å². The highest BCUT2D eigenvalue weighted by Crippen LogP contribution is 2.06. The van der Waals surface area contributed by atoms with Gasteiger partial charge in [-0.05, 0) is 38.2 Å². The highest BCUT2D eigenvalue weighted by atomic mass is 16.5. The number of cyclic esters (lactones) is 1. The number of hydrogen-bond donors (Lipinski definition) is 1. The van der Waals surface area contributed by atoms with Gasteiger partial charge in [-0.2, -0.15) is 0 Å². The number of carbonyl (C=O) groups is 2. The van der Waals surface area contributed by atoms with Crippen LogP contribution < -0.4 is 5.32 Å². The maximum atomic E-state index is 11.6. The average Bonchev–Trinajstić information content (AvgIpc) is 2.90. The van der Waals surface area contributed by atoms with Crippen LogP contribution in [0.2, 0.25) is 0 Å². The Balaban J connectivity index is 1.98. The Labute approximate surface area is 134 Å². The number of esters is 1. The molecule has 4 heteroatoms. The minimum absolute atomic E-state index is 0.213. The lowest BCUT2D eigenvalue weighted by Crippen LogP contribution is -2.36. The summed E-state index contributed by atoms with van der Waals surface area (Å²) in [6.07, 6.45) is 17.8. The zero-order valence-electron chi connectivity index (χ0n) is 13.7. The van der Waals surface area contributed by atoms with Gasteiger partial charge in [-0.15, -0.1) is 0 Å². The summed E-state index contributed by atoms with van der Waals surface area (Å²) in [4.78, 5) is 22.8. The van der Waals surface area contributed by atoms with Gasteiger partial charge < -0.3 is 10.1 Å². The summed E-state index contributed by atoms with van der Waals surface area (Å²) >= 11 is 0. The van der Waals surface area contributed by atoms with Gasteiger partial charge in [0.1, 0.15) is 6.04 Å². The van der Waals surface area contributed by atoms with Gasteiger partial charge in [0.05, 0.1) is 6.61 Å². The molecule has 0 aromatic rings. The molecule has 1 aliphatic heterocycles. The molecule has 1 heterocycles. The molecule has 0 saturated carbocycles. The average molecular weight is 307 g/mol. The first-order valence-corrected chi connectivity index (χ1v) is 8.52. The van der Waals surface area contributed by atoms with Crippen molar-refractivity contribution in [2.45, 2.75) is 70.8 Å². The van der Waals surface area contributed by atoms with Crippen molar-refractivity contribution in [2.24, 2.45) is 0 Å². The third-order valence-corrected chi connectivity index (χ3v) is 3.65. The highest BCUT2D eigenvalue weighted by Gasteiger charge is 2.26. The first-order valence-electron chi connectivity index (χ1n) is 8.52. The molecule has 1 amide bonds. The molecule has 124 valence electrons. The number of rotatable bonds is 11. The molecule has 0 bridgehead atoms. The Kier molecular flexibility index (Phi) is 10.1. The summed E-state index contributed by atoms with van der Waals surface area (Å²) in [5, 5.41) is 2.65. The zero-order valence-corrected chi connectivity index (χ0v) is 13.7. The van der Waals surface area contributed by atoms with Crippen molar-refractivity contribution in [3.05, 3.63) is 24.3 Å². The summed E-state index contributed by atoms with van der Waals surface area (Å²) in [6, 6.07) is -0.465. The maximum absolute atomic E-state index is 11.6. The Hall–Kier alpha value is -1.58. The molecule has 1 unspecified atom stereocenters. The number of allylic oxidation sites excluding steroid dienone is 3. The fourth-order valence-electron chi connectivity index (χ4n) is 2.32. The van der Waals surface area contributed by atoms with Gasteiger partial charge in [-0.3, -0.25) is 4.79 Å². The molecular weight excluding hydrogens is 278 g/mol. The lowest BCUT2D eigenvalue weighted by atomic mass is 10.1. The Morgan fingerprint density at radius 3 is 2.55 bits per heavy atom. The smallest absolute Gasteiger partial charge is 0.328 e. The largest absolute Gasteiger partial charge is 0.464 e. The van der Waals surface area contributed by atoms with E-state index < -0.39 is 6.04 Å². The lowest BCUT2D eigenvalue weighted by molar-refractivity contribution is -0.140. The zero-order chi connectivity index (χ0) is 16.0. The fraction of sp³-hybridized carbons (Fsp3) is 0.667. The van der Waals surface area contributed by atoms with Crippen LogP contribution in [0.1, 0.15) is 64.7 Å². The number of unbranched alkanes of at least 4 members (excludes halogenated alkanes) is 6. The summed E-state index contributed by atoms with van der Waals surface area (Å²) in [5.74, 6) is -0.541. The number of hydrogen-bond acceptors (Lipinski definition) is 3. The molecule has 22 heavy (non-hydrogen) atoms. The maximum Gasteiger partial charge on any atom is 0.328 e. The molecule has 4 nitrogen and oxygen atoms in total. The summed E-state index contributed by atoms with van der Waals surface area (Å²) in [5.41, 5.74) is 0. The normalized spacial score (nSPS) is 18.2. The second-order valence-corrected chi connectivity index (χ2v) is 5.67. The van der Waals surface area contributed by atoms with Crippen molar-refractivity contribution in [3.8, 4) is 0 Å². The number of ether oxygens (including phenoxy) is 1. The predicted octanol–water partition coefficient (Wildman–Crippen LogP) is 3.67. The molecule has 1 atom stereocenters. The third-order valence-electron chi connectivity index (χ3n) is 3.65. The van der Waals surface area contributed by atoms with E-state index in [1.807, 2.05) is 6.08 Å². The van der Waals surface area contributed by atoms with Crippen LogP contribution in [-0.4, -0.2) is 24.5 Å². The SMILES string of the molecule is CCCCCCC=CCCCC=CC(=O)NC1CCOC1=O. The van der Waals surface area contributed by atoms with Gasteiger partial charge in [0.25, 0.3) is 0 Å². The quantitative estimate of drug-likeness (QED) is 0.274. The Morgan fingerprint density at radius 2 is 1.86 bits per heavy atom. The van der Waals surface area contributed by atoms with Crippen LogP contribution in [0.25, 0.3) is 0 Å².